The van der Waals surface area contributed by atoms with Crippen LogP contribution in [-0.4, -0.2) is 16.4 Å². The quantitative estimate of drug-likeness (QED) is 0.856. The van der Waals surface area contributed by atoms with E-state index in [0.717, 1.165) is 22.7 Å². The summed E-state index contributed by atoms with van der Waals surface area (Å²) in [5.74, 6) is 0.871. The molecule has 21 heavy (non-hydrogen) atoms. The van der Waals surface area contributed by atoms with Crippen molar-refractivity contribution in [3.05, 3.63) is 46.2 Å². The Hall–Kier alpha value is -1.99. The second-order valence-electron chi connectivity index (χ2n) is 5.61. The lowest BCUT2D eigenvalue weighted by Crippen LogP contribution is -2.36. The van der Waals surface area contributed by atoms with E-state index >= 15 is 0 Å². The maximum Gasteiger partial charge on any atom is 0.122 e. The first-order chi connectivity index (χ1) is 10.0. The molecule has 0 saturated carbocycles. The van der Waals surface area contributed by atoms with Crippen molar-refractivity contribution in [2.45, 2.75) is 19.8 Å². The molecule has 1 aromatic carbocycles. The fourth-order valence-electron chi connectivity index (χ4n) is 2.84. The lowest BCUT2D eigenvalue weighted by atomic mass is 9.78. The normalized spacial score (nSPS) is 20.5. The predicted molar refractivity (Wildman–Crippen MR) is 80.3 cm³/mol. The van der Waals surface area contributed by atoms with Crippen LogP contribution in [0.2, 0.25) is 5.02 Å². The molecule has 1 aliphatic heterocycles. The molecule has 1 aromatic heterocycles. The molecule has 4 nitrogen and oxygen atoms in total. The topological polar surface area (TPSA) is 50.8 Å². The zero-order valence-electron chi connectivity index (χ0n) is 12.1. The van der Waals surface area contributed by atoms with Crippen molar-refractivity contribution in [2.24, 2.45) is 12.5 Å². The minimum atomic E-state index is -0.599. The van der Waals surface area contributed by atoms with E-state index < -0.39 is 5.41 Å². The van der Waals surface area contributed by atoms with E-state index in [9.17, 15) is 5.26 Å². The summed E-state index contributed by atoms with van der Waals surface area (Å²) >= 11 is 6.32. The van der Waals surface area contributed by atoms with Crippen LogP contribution in [0.5, 0.6) is 5.75 Å². The van der Waals surface area contributed by atoms with Gasteiger partial charge in [-0.25, -0.2) is 0 Å². The van der Waals surface area contributed by atoms with Gasteiger partial charge in [0.05, 0.1) is 22.5 Å². The monoisotopic (exact) mass is 301 g/mol. The molecule has 108 valence electrons. The summed E-state index contributed by atoms with van der Waals surface area (Å²) in [5.41, 5.74) is 2.15. The first-order valence-corrected chi connectivity index (χ1v) is 7.22. The molecule has 0 spiro atoms. The Bertz CT molecular complexity index is 732. The minimum Gasteiger partial charge on any atom is -0.492 e. The van der Waals surface area contributed by atoms with Crippen molar-refractivity contribution >= 4 is 11.6 Å². The molecule has 2 aromatic rings. The Balaban J connectivity index is 1.95. The summed E-state index contributed by atoms with van der Waals surface area (Å²) in [6.07, 6.45) is 1.20. The van der Waals surface area contributed by atoms with Crippen molar-refractivity contribution < 1.29 is 4.74 Å². The maximum absolute atomic E-state index is 9.71. The fourth-order valence-corrected chi connectivity index (χ4v) is 3.07. The van der Waals surface area contributed by atoms with E-state index in [1.54, 1.807) is 4.68 Å². The van der Waals surface area contributed by atoms with Gasteiger partial charge in [-0.2, -0.15) is 10.4 Å². The molecule has 0 amide bonds. The SMILES string of the molecule is Cc1nn(C)c(CC2(C#N)COc3ccccc3C2)c1Cl. The predicted octanol–water partition coefficient (Wildman–Crippen LogP) is 3.07. The van der Waals surface area contributed by atoms with Crippen molar-refractivity contribution in [1.82, 2.24) is 9.78 Å². The smallest absolute Gasteiger partial charge is 0.122 e. The molecule has 2 heterocycles. The highest BCUT2D eigenvalue weighted by Crippen LogP contribution is 2.38. The molecule has 1 atom stereocenters. The van der Waals surface area contributed by atoms with Gasteiger partial charge in [0.15, 0.2) is 0 Å². The van der Waals surface area contributed by atoms with Crippen LogP contribution in [-0.2, 0) is 19.9 Å². The molecule has 0 bridgehead atoms. The highest BCUT2D eigenvalue weighted by molar-refractivity contribution is 6.31. The van der Waals surface area contributed by atoms with Gasteiger partial charge in [-0.15, -0.1) is 0 Å². The zero-order chi connectivity index (χ0) is 15.0. The van der Waals surface area contributed by atoms with Crippen molar-refractivity contribution in [3.63, 3.8) is 0 Å². The van der Waals surface area contributed by atoms with E-state index in [1.165, 1.54) is 0 Å². The van der Waals surface area contributed by atoms with Crippen LogP contribution >= 0.6 is 11.6 Å². The summed E-state index contributed by atoms with van der Waals surface area (Å²) in [6, 6.07) is 10.3. The third-order valence-corrected chi connectivity index (χ3v) is 4.50. The number of hydrogen-bond acceptors (Lipinski definition) is 3. The summed E-state index contributed by atoms with van der Waals surface area (Å²) in [6.45, 7) is 2.25. The van der Waals surface area contributed by atoms with Gasteiger partial charge < -0.3 is 4.74 Å². The Labute approximate surface area is 128 Å². The van der Waals surface area contributed by atoms with E-state index in [0.29, 0.717) is 24.5 Å². The Kier molecular flexibility index (Phi) is 3.38. The van der Waals surface area contributed by atoms with Gasteiger partial charge >= 0.3 is 0 Å². The molecule has 0 radical (unpaired) electrons. The first kappa shape index (κ1) is 14.0. The Morgan fingerprint density at radius 3 is 2.90 bits per heavy atom. The molecular formula is C16H16ClN3O. The Morgan fingerprint density at radius 1 is 1.48 bits per heavy atom. The molecule has 0 N–H and O–H groups in total. The number of rotatable bonds is 2. The third kappa shape index (κ3) is 2.38. The van der Waals surface area contributed by atoms with Crippen molar-refractivity contribution in [3.8, 4) is 11.8 Å². The van der Waals surface area contributed by atoms with Crippen molar-refractivity contribution in [2.75, 3.05) is 6.61 Å². The molecule has 0 saturated heterocycles. The van der Waals surface area contributed by atoms with E-state index in [1.807, 2.05) is 38.2 Å². The average molecular weight is 302 g/mol. The number of benzene rings is 1. The summed E-state index contributed by atoms with van der Waals surface area (Å²) < 4.78 is 7.56. The fraction of sp³-hybridized carbons (Fsp3) is 0.375. The number of nitrogens with zero attached hydrogens (tertiary/aromatic N) is 3. The van der Waals surface area contributed by atoms with Crippen LogP contribution < -0.4 is 4.74 Å². The highest BCUT2D eigenvalue weighted by atomic mass is 35.5. The lowest BCUT2D eigenvalue weighted by Gasteiger charge is -2.32. The second kappa shape index (κ2) is 5.09. The van der Waals surface area contributed by atoms with Gasteiger partial charge in [-0.1, -0.05) is 29.8 Å². The van der Waals surface area contributed by atoms with Crippen LogP contribution in [0.4, 0.5) is 0 Å². The molecule has 5 heteroatoms. The molecule has 1 aliphatic rings. The largest absolute Gasteiger partial charge is 0.492 e. The highest BCUT2D eigenvalue weighted by Gasteiger charge is 2.38. The Morgan fingerprint density at radius 2 is 2.24 bits per heavy atom. The summed E-state index contributed by atoms with van der Waals surface area (Å²) in [5, 5.41) is 14.7. The van der Waals surface area contributed by atoms with Crippen LogP contribution in [0.25, 0.3) is 0 Å². The van der Waals surface area contributed by atoms with Crippen LogP contribution in [0, 0.1) is 23.7 Å². The van der Waals surface area contributed by atoms with Gasteiger partial charge in [-0.05, 0) is 25.0 Å². The zero-order valence-corrected chi connectivity index (χ0v) is 12.8. The summed E-state index contributed by atoms with van der Waals surface area (Å²) in [4.78, 5) is 0. The van der Waals surface area contributed by atoms with Crippen LogP contribution in [0.1, 0.15) is 17.0 Å². The number of para-hydroxylation sites is 1. The molecule has 0 fully saturated rings. The number of nitriles is 1. The minimum absolute atomic E-state index is 0.376. The van der Waals surface area contributed by atoms with Gasteiger partial charge in [-0.3, -0.25) is 4.68 Å². The summed E-state index contributed by atoms with van der Waals surface area (Å²) in [7, 11) is 1.86. The van der Waals surface area contributed by atoms with E-state index in [-0.39, 0.29) is 0 Å². The second-order valence-corrected chi connectivity index (χ2v) is 5.99. The van der Waals surface area contributed by atoms with Crippen LogP contribution in [0.15, 0.2) is 24.3 Å². The number of halogens is 1. The number of ether oxygens (including phenoxy) is 1. The number of fused-ring (bicyclic) bond motifs is 1. The standard InChI is InChI=1S/C16H16ClN3O/c1-11-15(17)13(20(2)19-11)8-16(9-18)7-12-5-3-4-6-14(12)21-10-16/h3-6H,7-8,10H2,1-2H3. The average Bonchev–Trinajstić information content (AvgIpc) is 2.73. The molecular weight excluding hydrogens is 286 g/mol. The lowest BCUT2D eigenvalue weighted by molar-refractivity contribution is 0.167. The van der Waals surface area contributed by atoms with Gasteiger partial charge in [0.1, 0.15) is 17.8 Å². The van der Waals surface area contributed by atoms with E-state index in [4.69, 9.17) is 16.3 Å². The first-order valence-electron chi connectivity index (χ1n) is 6.84. The maximum atomic E-state index is 9.71. The molecule has 1 unspecified atom stereocenters. The van der Waals surface area contributed by atoms with Gasteiger partial charge in [0.25, 0.3) is 0 Å². The van der Waals surface area contributed by atoms with Gasteiger partial charge in [0.2, 0.25) is 0 Å². The van der Waals surface area contributed by atoms with E-state index in [2.05, 4.69) is 11.2 Å². The molecule has 0 aliphatic carbocycles. The van der Waals surface area contributed by atoms with Crippen LogP contribution in [0.3, 0.4) is 0 Å². The number of hydrogen-bond donors (Lipinski definition) is 0. The molecule has 3 rings (SSSR count). The van der Waals surface area contributed by atoms with Crippen molar-refractivity contribution in [1.29, 1.82) is 5.26 Å². The number of aryl methyl sites for hydroxylation is 2. The number of aromatic nitrogens is 2. The van der Waals surface area contributed by atoms with Gasteiger partial charge in [0, 0.05) is 13.5 Å². The third-order valence-electron chi connectivity index (χ3n) is 4.01.